The Morgan fingerprint density at radius 3 is 2.59 bits per heavy atom. The summed E-state index contributed by atoms with van der Waals surface area (Å²) in [6.07, 6.45) is 1.50. The number of benzene rings is 1. The minimum Gasteiger partial charge on any atom is -0.319 e. The summed E-state index contributed by atoms with van der Waals surface area (Å²) in [5, 5.41) is 4.51. The van der Waals surface area contributed by atoms with Crippen molar-refractivity contribution in [3.63, 3.8) is 0 Å². The van der Waals surface area contributed by atoms with Crippen LogP contribution in [0.2, 0.25) is 10.0 Å². The summed E-state index contributed by atoms with van der Waals surface area (Å²) in [6, 6.07) is 3.90. The van der Waals surface area contributed by atoms with Crippen molar-refractivity contribution in [1.82, 2.24) is 9.78 Å². The van der Waals surface area contributed by atoms with E-state index in [2.05, 4.69) is 5.10 Å². The van der Waals surface area contributed by atoms with E-state index in [1.807, 2.05) is 0 Å². The number of hydrogen-bond acceptors (Lipinski definition) is 2. The van der Waals surface area contributed by atoms with Crippen LogP contribution in [0.15, 0.2) is 24.4 Å². The molecule has 0 saturated carbocycles. The molecular formula is C11H10Cl2FN3. The maximum Gasteiger partial charge on any atom is 0.142 e. The van der Waals surface area contributed by atoms with Crippen LogP contribution in [0.3, 0.4) is 0 Å². The van der Waals surface area contributed by atoms with Crippen LogP contribution in [-0.4, -0.2) is 9.78 Å². The maximum absolute atomic E-state index is 13.3. The van der Waals surface area contributed by atoms with Gasteiger partial charge >= 0.3 is 0 Å². The smallest absolute Gasteiger partial charge is 0.142 e. The zero-order valence-electron chi connectivity index (χ0n) is 8.99. The van der Waals surface area contributed by atoms with Gasteiger partial charge in [-0.3, -0.25) is 4.68 Å². The number of hydrogen-bond donors (Lipinski definition) is 1. The van der Waals surface area contributed by atoms with Gasteiger partial charge in [-0.2, -0.15) is 5.10 Å². The molecule has 2 N–H and O–H groups in total. The van der Waals surface area contributed by atoms with E-state index in [0.29, 0.717) is 16.3 Å². The lowest BCUT2D eigenvalue weighted by Gasteiger charge is -2.13. The van der Waals surface area contributed by atoms with E-state index in [0.717, 1.165) is 0 Å². The topological polar surface area (TPSA) is 43.8 Å². The van der Waals surface area contributed by atoms with E-state index >= 15 is 0 Å². The summed E-state index contributed by atoms with van der Waals surface area (Å²) in [5.41, 5.74) is 7.25. The van der Waals surface area contributed by atoms with Gasteiger partial charge in [0.05, 0.1) is 28.0 Å². The molecule has 1 atom stereocenters. The van der Waals surface area contributed by atoms with Gasteiger partial charge in [0.1, 0.15) is 5.82 Å². The van der Waals surface area contributed by atoms with Gasteiger partial charge in [-0.05, 0) is 17.7 Å². The Labute approximate surface area is 108 Å². The van der Waals surface area contributed by atoms with Crippen LogP contribution in [-0.2, 0) is 7.05 Å². The van der Waals surface area contributed by atoms with Gasteiger partial charge in [0.15, 0.2) is 0 Å². The Morgan fingerprint density at radius 1 is 1.35 bits per heavy atom. The molecule has 3 nitrogen and oxygen atoms in total. The second-order valence-electron chi connectivity index (χ2n) is 3.65. The first kappa shape index (κ1) is 12.4. The van der Waals surface area contributed by atoms with E-state index in [1.165, 1.54) is 18.3 Å². The van der Waals surface area contributed by atoms with Crippen molar-refractivity contribution >= 4 is 23.2 Å². The van der Waals surface area contributed by atoms with Crippen LogP contribution in [0.25, 0.3) is 0 Å². The summed E-state index contributed by atoms with van der Waals surface area (Å²) in [5.74, 6) is -0.502. The molecule has 2 aromatic rings. The molecule has 0 fully saturated rings. The molecule has 1 unspecified atom stereocenters. The zero-order valence-corrected chi connectivity index (χ0v) is 10.5. The van der Waals surface area contributed by atoms with Gasteiger partial charge in [-0.15, -0.1) is 0 Å². The summed E-state index contributed by atoms with van der Waals surface area (Å²) in [7, 11) is 1.73. The number of nitrogens with two attached hydrogens (primary N) is 1. The monoisotopic (exact) mass is 273 g/mol. The van der Waals surface area contributed by atoms with Crippen LogP contribution in [0.1, 0.15) is 17.3 Å². The largest absolute Gasteiger partial charge is 0.319 e. The van der Waals surface area contributed by atoms with Crippen LogP contribution >= 0.6 is 23.2 Å². The maximum atomic E-state index is 13.3. The molecule has 0 amide bonds. The highest BCUT2D eigenvalue weighted by molar-refractivity contribution is 6.31. The molecule has 2 rings (SSSR count). The highest BCUT2D eigenvalue weighted by Crippen LogP contribution is 2.27. The molecular weight excluding hydrogens is 264 g/mol. The van der Waals surface area contributed by atoms with Gasteiger partial charge in [0.25, 0.3) is 0 Å². The molecule has 0 aliphatic carbocycles. The number of aryl methyl sites for hydroxylation is 1. The van der Waals surface area contributed by atoms with Crippen molar-refractivity contribution in [2.24, 2.45) is 12.8 Å². The molecule has 0 aliphatic rings. The number of aromatic nitrogens is 2. The van der Waals surface area contributed by atoms with E-state index < -0.39 is 11.9 Å². The second kappa shape index (κ2) is 4.64. The summed E-state index contributed by atoms with van der Waals surface area (Å²) >= 11 is 11.6. The van der Waals surface area contributed by atoms with Gasteiger partial charge in [0, 0.05) is 7.05 Å². The molecule has 0 spiro atoms. The average molecular weight is 274 g/mol. The second-order valence-corrected chi connectivity index (χ2v) is 4.47. The molecule has 0 bridgehead atoms. The first-order chi connectivity index (χ1) is 8.00. The lowest BCUT2D eigenvalue weighted by molar-refractivity contribution is 0.619. The van der Waals surface area contributed by atoms with Crippen molar-refractivity contribution in [3.8, 4) is 0 Å². The average Bonchev–Trinajstić information content (AvgIpc) is 2.62. The van der Waals surface area contributed by atoms with Gasteiger partial charge < -0.3 is 5.73 Å². The zero-order chi connectivity index (χ0) is 12.6. The highest BCUT2D eigenvalue weighted by Gasteiger charge is 2.18. The van der Waals surface area contributed by atoms with Crippen LogP contribution < -0.4 is 5.73 Å². The quantitative estimate of drug-likeness (QED) is 0.915. The third kappa shape index (κ3) is 2.29. The van der Waals surface area contributed by atoms with Crippen LogP contribution in [0.4, 0.5) is 4.39 Å². The molecule has 0 saturated heterocycles. The standard InChI is InChI=1S/C11H10Cl2FN3/c1-17-11(8(13)5-16-17)10(15)6-2-3-7(12)9(14)4-6/h2-5,10H,15H2,1H3. The van der Waals surface area contributed by atoms with E-state index in [4.69, 9.17) is 28.9 Å². The normalized spacial score (nSPS) is 12.8. The molecule has 0 radical (unpaired) electrons. The predicted octanol–water partition coefficient (Wildman–Crippen LogP) is 2.91. The first-order valence-electron chi connectivity index (χ1n) is 4.88. The van der Waals surface area contributed by atoms with E-state index in [1.54, 1.807) is 17.8 Å². The van der Waals surface area contributed by atoms with Crippen molar-refractivity contribution in [2.45, 2.75) is 6.04 Å². The summed E-state index contributed by atoms with van der Waals surface area (Å²) < 4.78 is 14.9. The van der Waals surface area contributed by atoms with Crippen molar-refractivity contribution in [1.29, 1.82) is 0 Å². The summed E-state index contributed by atoms with van der Waals surface area (Å²) in [6.45, 7) is 0. The summed E-state index contributed by atoms with van der Waals surface area (Å²) in [4.78, 5) is 0. The minimum atomic E-state index is -0.540. The van der Waals surface area contributed by atoms with E-state index in [-0.39, 0.29) is 5.02 Å². The molecule has 90 valence electrons. The Morgan fingerprint density at radius 2 is 2.06 bits per heavy atom. The number of nitrogens with zero attached hydrogens (tertiary/aromatic N) is 2. The van der Waals surface area contributed by atoms with Crippen LogP contribution in [0, 0.1) is 5.82 Å². The highest BCUT2D eigenvalue weighted by atomic mass is 35.5. The fourth-order valence-electron chi connectivity index (χ4n) is 1.63. The Kier molecular flexibility index (Phi) is 3.38. The third-order valence-corrected chi connectivity index (χ3v) is 3.13. The van der Waals surface area contributed by atoms with Crippen LogP contribution in [0.5, 0.6) is 0 Å². The SMILES string of the molecule is Cn1ncc(Cl)c1C(N)c1ccc(Cl)c(F)c1. The predicted molar refractivity (Wildman–Crippen MR) is 65.7 cm³/mol. The molecule has 1 aromatic carbocycles. The first-order valence-corrected chi connectivity index (χ1v) is 5.64. The molecule has 1 aromatic heterocycles. The minimum absolute atomic E-state index is 0.0667. The van der Waals surface area contributed by atoms with Crippen molar-refractivity contribution in [3.05, 3.63) is 51.5 Å². The lowest BCUT2D eigenvalue weighted by atomic mass is 10.0. The number of halogens is 3. The van der Waals surface area contributed by atoms with Crippen molar-refractivity contribution < 1.29 is 4.39 Å². The number of rotatable bonds is 2. The fourth-order valence-corrected chi connectivity index (χ4v) is 2.03. The molecule has 6 heteroatoms. The third-order valence-electron chi connectivity index (χ3n) is 2.53. The van der Waals surface area contributed by atoms with Crippen molar-refractivity contribution in [2.75, 3.05) is 0 Å². The molecule has 17 heavy (non-hydrogen) atoms. The Hall–Kier alpha value is -1.10. The molecule has 1 heterocycles. The van der Waals surface area contributed by atoms with E-state index in [9.17, 15) is 4.39 Å². The van der Waals surface area contributed by atoms with Gasteiger partial charge in [-0.1, -0.05) is 29.3 Å². The van der Waals surface area contributed by atoms with Gasteiger partial charge in [0.2, 0.25) is 0 Å². The van der Waals surface area contributed by atoms with Gasteiger partial charge in [-0.25, -0.2) is 4.39 Å². The Bertz CT molecular complexity index is 534. The Balaban J connectivity index is 2.43. The lowest BCUT2D eigenvalue weighted by Crippen LogP contribution is -2.16. The molecule has 0 aliphatic heterocycles. The fraction of sp³-hybridized carbons (Fsp3) is 0.182.